The summed E-state index contributed by atoms with van der Waals surface area (Å²) in [7, 11) is 0. The summed E-state index contributed by atoms with van der Waals surface area (Å²) < 4.78 is 0. The van der Waals surface area contributed by atoms with E-state index in [1.54, 1.807) is 0 Å². The summed E-state index contributed by atoms with van der Waals surface area (Å²) in [6, 6.07) is 146. The first-order valence-electron chi connectivity index (χ1n) is 44.4. The Morgan fingerprint density at radius 1 is 0.106 bits per heavy atom. The molecule has 0 saturated carbocycles. The number of fused-ring (bicyclic) bond motifs is 13. The minimum Gasteiger partial charge on any atom is -0.0776 e. The molecule has 0 heteroatoms. The van der Waals surface area contributed by atoms with Gasteiger partial charge in [-0.2, -0.15) is 0 Å². The quantitative estimate of drug-likeness (QED) is 0.115. The van der Waals surface area contributed by atoms with Crippen LogP contribution < -0.4 is 0 Å². The Labute approximate surface area is 738 Å². The van der Waals surface area contributed by atoms with E-state index in [0.29, 0.717) is 0 Å². The fraction of sp³-hybridized carbons (Fsp3) is 0.171. The highest BCUT2D eigenvalue weighted by Gasteiger charge is 2.22. The lowest BCUT2D eigenvalue weighted by Crippen LogP contribution is -1.91. The molecule has 0 aliphatic heterocycles. The normalized spacial score (nSPS) is 10.0. The van der Waals surface area contributed by atoms with Gasteiger partial charge in [-0.1, -0.05) is 535 Å². The molecule has 0 N–H and O–H groups in total. The second-order valence-corrected chi connectivity index (χ2v) is 26.8. The maximum atomic E-state index is 2.37. The lowest BCUT2D eigenvalue weighted by Gasteiger charge is -2.19. The van der Waals surface area contributed by atoms with E-state index in [9.17, 15) is 0 Å². The molecule has 0 aliphatic rings. The van der Waals surface area contributed by atoms with Crippen LogP contribution >= 0.6 is 0 Å². The second-order valence-electron chi connectivity index (χ2n) is 26.8. The van der Waals surface area contributed by atoms with Crippen molar-refractivity contribution in [2.75, 3.05) is 0 Å². The maximum Gasteiger partial charge on any atom is -0.00201 e. The smallest absolute Gasteiger partial charge is 0.00201 e. The van der Waals surface area contributed by atoms with Crippen molar-refractivity contribution >= 4 is 129 Å². The zero-order chi connectivity index (χ0) is 85.5. The highest BCUT2D eigenvalue weighted by molar-refractivity contribution is 6.27. The van der Waals surface area contributed by atoms with Gasteiger partial charge in [0.25, 0.3) is 0 Å². The Balaban J connectivity index is 0.000000231. The van der Waals surface area contributed by atoms with Gasteiger partial charge in [0.1, 0.15) is 0 Å². The molecule has 0 spiro atoms. The number of rotatable bonds is 6. The van der Waals surface area contributed by atoms with Crippen LogP contribution in [0.4, 0.5) is 0 Å². The van der Waals surface area contributed by atoms with E-state index in [2.05, 4.69) is 400 Å². The topological polar surface area (TPSA) is 0 Å². The largest absolute Gasteiger partial charge is 0.0776 e. The molecule has 123 heavy (non-hydrogen) atoms. The van der Waals surface area contributed by atoms with E-state index in [1.165, 1.54) is 196 Å². The molecule has 0 radical (unpaired) electrons. The first kappa shape index (κ1) is 96.9. The van der Waals surface area contributed by atoms with Crippen LogP contribution in [0.5, 0.6) is 0 Å². The Kier molecular flexibility index (Phi) is 38.5. The molecule has 0 unspecified atom stereocenters. The molecular formula is C123H132. The SMILES string of the molecule is C.C.C.CC.CC.CC.CC.CC.CC.CC.CC.CC.c1ccc(-c2c3ccccc3c(-c3cccc4ccccc34)c3ccccc23)cc1.c1ccc2c(-c3c4ccccc4c(-c4ccc5c(ccc6ccccc65)c4)c4ccccc34)cccc2c1.c1ccc2cc(-c3c4ccccc4c(-c4cccc5ccccc45)c4ccccc34)ccc2c1. The Morgan fingerprint density at radius 3 is 0.602 bits per heavy atom. The zero-order valence-electron chi connectivity index (χ0n) is 74.1. The second kappa shape index (κ2) is 48.9. The van der Waals surface area contributed by atoms with Crippen molar-refractivity contribution < 1.29 is 0 Å². The fourth-order valence-corrected chi connectivity index (χ4v) is 16.6. The van der Waals surface area contributed by atoms with E-state index in [4.69, 9.17) is 0 Å². The molecule has 0 amide bonds. The van der Waals surface area contributed by atoms with Crippen LogP contribution in [0, 0.1) is 0 Å². The fourth-order valence-electron chi connectivity index (χ4n) is 16.6. The van der Waals surface area contributed by atoms with Gasteiger partial charge in [0, 0.05) is 0 Å². The Hall–Kier alpha value is -13.3. The Bertz CT molecular complexity index is 6690. The molecule has 0 aromatic heterocycles. The summed E-state index contributed by atoms with van der Waals surface area (Å²) in [5.41, 5.74) is 15.5. The van der Waals surface area contributed by atoms with E-state index in [-0.39, 0.29) is 22.3 Å². The van der Waals surface area contributed by atoms with E-state index in [0.717, 1.165) is 0 Å². The van der Waals surface area contributed by atoms with Crippen LogP contribution in [-0.4, -0.2) is 0 Å². The van der Waals surface area contributed by atoms with Gasteiger partial charge in [0.15, 0.2) is 0 Å². The van der Waals surface area contributed by atoms with Gasteiger partial charge in [-0.3, -0.25) is 0 Å². The lowest BCUT2D eigenvalue weighted by atomic mass is 9.84. The monoisotopic (exact) mass is 1610 g/mol. The van der Waals surface area contributed by atoms with E-state index < -0.39 is 0 Å². The lowest BCUT2D eigenvalue weighted by molar-refractivity contribution is 1.50. The van der Waals surface area contributed by atoms with Gasteiger partial charge in [0.05, 0.1) is 0 Å². The number of benzene rings is 21. The van der Waals surface area contributed by atoms with Crippen LogP contribution in [-0.2, 0) is 0 Å². The third kappa shape index (κ3) is 20.0. The molecule has 0 saturated heterocycles. The van der Waals surface area contributed by atoms with Crippen molar-refractivity contribution in [1.29, 1.82) is 0 Å². The number of hydrogen-bond donors (Lipinski definition) is 0. The van der Waals surface area contributed by atoms with Gasteiger partial charge in [-0.25, -0.2) is 0 Å². The minimum absolute atomic E-state index is 0. The van der Waals surface area contributed by atoms with E-state index in [1.807, 2.05) is 125 Å². The summed E-state index contributed by atoms with van der Waals surface area (Å²) in [6.07, 6.45) is 0. The Morgan fingerprint density at radius 2 is 0.293 bits per heavy atom. The van der Waals surface area contributed by atoms with Crippen molar-refractivity contribution in [2.45, 2.75) is 147 Å². The van der Waals surface area contributed by atoms with Gasteiger partial charge in [-0.05, 0) is 208 Å². The van der Waals surface area contributed by atoms with Gasteiger partial charge < -0.3 is 0 Å². The van der Waals surface area contributed by atoms with Gasteiger partial charge in [0.2, 0.25) is 0 Å². The molecular weight excluding hydrogens is 1480 g/mol. The molecule has 0 atom stereocenters. The van der Waals surface area contributed by atoms with Crippen LogP contribution in [0.25, 0.3) is 196 Å². The molecule has 624 valence electrons. The summed E-state index contributed by atoms with van der Waals surface area (Å²) in [5, 5.41) is 30.9. The van der Waals surface area contributed by atoms with Gasteiger partial charge >= 0.3 is 0 Å². The molecule has 0 nitrogen and oxygen atoms in total. The van der Waals surface area contributed by atoms with Crippen molar-refractivity contribution in [3.8, 4) is 66.8 Å². The highest BCUT2D eigenvalue weighted by atomic mass is 14.3. The first-order chi connectivity index (χ1) is 59.7. The molecule has 0 fully saturated rings. The third-order valence-corrected chi connectivity index (χ3v) is 21.1. The summed E-state index contributed by atoms with van der Waals surface area (Å²) in [4.78, 5) is 0. The van der Waals surface area contributed by atoms with Crippen molar-refractivity contribution in [3.05, 3.63) is 400 Å². The summed E-state index contributed by atoms with van der Waals surface area (Å²) >= 11 is 0. The standard InChI is InChI=1S/C38H24.C34H22.C30H20.9C2H6.3CH4/c1-4-14-30-25(10-1)12-9-19-32(30)38-35-17-7-5-15-33(35)37(34-16-6-8-18-36(34)38)28-22-23-31-27(24-28)21-20-26-11-2-3-13-29(26)31;1-2-12-25-22-26(21-20-23(25)10-1)33-29-15-5-7-17-31(29)34(32-18-8-6-16-30(32)33)28-19-9-13-24-11-3-4-14-27(24)28;1-2-12-22(13-3-1)29-25-16-6-8-18-27(25)30(28-19-9-7-17-26(28)29)24-20-10-14-21-11-4-5-15-23(21)24;9*1-2;;;/h1-24H;1-22H;1-20H;9*1-2H3;3*1H4. The van der Waals surface area contributed by atoms with Crippen molar-refractivity contribution in [1.82, 2.24) is 0 Å². The highest BCUT2D eigenvalue weighted by Crippen LogP contribution is 2.50. The molecule has 21 aromatic carbocycles. The summed E-state index contributed by atoms with van der Waals surface area (Å²) in [6.45, 7) is 36.0. The van der Waals surface area contributed by atoms with E-state index >= 15 is 0 Å². The molecule has 0 aliphatic carbocycles. The van der Waals surface area contributed by atoms with Crippen molar-refractivity contribution in [3.63, 3.8) is 0 Å². The maximum absolute atomic E-state index is 2.37. The third-order valence-electron chi connectivity index (χ3n) is 21.1. The molecule has 21 aromatic rings. The average Bonchev–Trinajstić information content (AvgIpc) is 0.737. The van der Waals surface area contributed by atoms with Crippen LogP contribution in [0.1, 0.15) is 147 Å². The minimum atomic E-state index is 0. The molecule has 0 bridgehead atoms. The first-order valence-corrected chi connectivity index (χ1v) is 44.4. The van der Waals surface area contributed by atoms with Crippen LogP contribution in [0.15, 0.2) is 400 Å². The summed E-state index contributed by atoms with van der Waals surface area (Å²) in [5.74, 6) is 0. The zero-order valence-corrected chi connectivity index (χ0v) is 74.1. The average molecular weight is 1610 g/mol. The molecule has 0 heterocycles. The van der Waals surface area contributed by atoms with Crippen LogP contribution in [0.2, 0.25) is 0 Å². The predicted octanol–water partition coefficient (Wildman–Crippen LogP) is 40.0. The van der Waals surface area contributed by atoms with Crippen molar-refractivity contribution in [2.24, 2.45) is 0 Å². The van der Waals surface area contributed by atoms with Gasteiger partial charge in [-0.15, -0.1) is 0 Å². The molecule has 21 rings (SSSR count). The number of hydrogen-bond acceptors (Lipinski definition) is 0. The van der Waals surface area contributed by atoms with Crippen LogP contribution in [0.3, 0.4) is 0 Å². The predicted molar refractivity (Wildman–Crippen MR) is 564 cm³/mol.